The molecule has 2 aromatic heterocycles. The fourth-order valence-corrected chi connectivity index (χ4v) is 2.73. The maximum absolute atomic E-state index is 11.6. The summed E-state index contributed by atoms with van der Waals surface area (Å²) in [7, 11) is 1.77. The predicted octanol–water partition coefficient (Wildman–Crippen LogP) is 2.67. The van der Waals surface area contributed by atoms with E-state index >= 15 is 0 Å². The maximum atomic E-state index is 11.6. The quantitative estimate of drug-likeness (QED) is 0.298. The Morgan fingerprint density at radius 2 is 2.13 bits per heavy atom. The fraction of sp³-hybridized carbons (Fsp3) is 0.375. The third kappa shape index (κ3) is 7.17. The van der Waals surface area contributed by atoms with Crippen LogP contribution >= 0.6 is 35.3 Å². The highest BCUT2D eigenvalue weighted by atomic mass is 127. The second-order valence-corrected chi connectivity index (χ2v) is 5.70. The fourth-order valence-electron chi connectivity index (χ4n) is 2.06. The van der Waals surface area contributed by atoms with Crippen molar-refractivity contribution in [2.45, 2.75) is 25.9 Å². The van der Waals surface area contributed by atoms with Crippen molar-refractivity contribution in [3.8, 4) is 0 Å². The first-order chi connectivity index (χ1) is 10.8. The lowest BCUT2D eigenvalue weighted by Gasteiger charge is -2.11. The summed E-state index contributed by atoms with van der Waals surface area (Å²) < 4.78 is 1.74. The maximum Gasteiger partial charge on any atom is 0.250 e. The number of rotatable bonds is 7. The van der Waals surface area contributed by atoms with Crippen molar-refractivity contribution in [3.05, 3.63) is 57.1 Å². The third-order valence-electron chi connectivity index (χ3n) is 3.28. The van der Waals surface area contributed by atoms with E-state index in [1.807, 2.05) is 12.3 Å². The lowest BCUT2D eigenvalue weighted by Crippen LogP contribution is -2.37. The molecule has 0 aliphatic carbocycles. The van der Waals surface area contributed by atoms with Crippen LogP contribution in [0.1, 0.15) is 18.4 Å². The zero-order valence-corrected chi connectivity index (χ0v) is 16.3. The van der Waals surface area contributed by atoms with Crippen LogP contribution in [-0.2, 0) is 13.1 Å². The Balaban J connectivity index is 0.00000264. The zero-order valence-electron chi connectivity index (χ0n) is 13.2. The number of aliphatic imine (C=N–C) groups is 1. The molecule has 0 bridgehead atoms. The Labute approximate surface area is 157 Å². The number of hydrogen-bond donors (Lipinski definition) is 2. The average molecular weight is 446 g/mol. The SMILES string of the molecule is CN=C(NCCCCn1ccccc1=O)NCc1ccsc1.I. The van der Waals surface area contributed by atoms with E-state index in [1.54, 1.807) is 35.1 Å². The lowest BCUT2D eigenvalue weighted by molar-refractivity contribution is 0.585. The monoisotopic (exact) mass is 446 g/mol. The number of nitrogens with zero attached hydrogens (tertiary/aromatic N) is 2. The molecule has 126 valence electrons. The van der Waals surface area contributed by atoms with Gasteiger partial charge in [0.15, 0.2) is 5.96 Å². The number of hydrogen-bond acceptors (Lipinski definition) is 3. The largest absolute Gasteiger partial charge is 0.356 e. The van der Waals surface area contributed by atoms with Crippen LogP contribution in [0.2, 0.25) is 0 Å². The summed E-state index contributed by atoms with van der Waals surface area (Å²) in [5.74, 6) is 0.808. The number of aryl methyl sites for hydroxylation is 1. The topological polar surface area (TPSA) is 58.4 Å². The highest BCUT2D eigenvalue weighted by Crippen LogP contribution is 2.04. The number of pyridine rings is 1. The van der Waals surface area contributed by atoms with E-state index in [0.29, 0.717) is 0 Å². The molecule has 2 heterocycles. The summed E-state index contributed by atoms with van der Waals surface area (Å²) in [6.07, 6.45) is 3.77. The van der Waals surface area contributed by atoms with Crippen LogP contribution in [0, 0.1) is 0 Å². The standard InChI is InChI=1S/C16H22N4OS.HI/c1-17-16(19-12-14-7-11-22-13-14)18-8-3-5-10-20-9-4-2-6-15(20)21;/h2,4,6-7,9,11,13H,3,5,8,10,12H2,1H3,(H2,17,18,19);1H. The van der Waals surface area contributed by atoms with Crippen LogP contribution in [0.3, 0.4) is 0 Å². The Kier molecular flexibility index (Phi) is 9.61. The first-order valence-electron chi connectivity index (χ1n) is 7.40. The summed E-state index contributed by atoms with van der Waals surface area (Å²) >= 11 is 1.69. The molecule has 0 fully saturated rings. The van der Waals surface area contributed by atoms with Crippen LogP contribution in [-0.4, -0.2) is 24.1 Å². The molecule has 2 rings (SSSR count). The molecule has 0 aliphatic heterocycles. The average Bonchev–Trinajstić information content (AvgIpc) is 3.05. The van der Waals surface area contributed by atoms with Gasteiger partial charge in [-0.3, -0.25) is 9.79 Å². The molecule has 2 aromatic rings. The highest BCUT2D eigenvalue weighted by molar-refractivity contribution is 14.0. The molecule has 0 aliphatic rings. The number of thiophene rings is 1. The first kappa shape index (κ1) is 19.7. The van der Waals surface area contributed by atoms with Gasteiger partial charge in [-0.2, -0.15) is 11.3 Å². The lowest BCUT2D eigenvalue weighted by atomic mass is 10.3. The van der Waals surface area contributed by atoms with Gasteiger partial charge < -0.3 is 15.2 Å². The van der Waals surface area contributed by atoms with Gasteiger partial charge in [0, 0.05) is 38.9 Å². The summed E-state index contributed by atoms with van der Waals surface area (Å²) in [5, 5.41) is 10.8. The summed E-state index contributed by atoms with van der Waals surface area (Å²) in [4.78, 5) is 15.8. The number of aromatic nitrogens is 1. The molecular weight excluding hydrogens is 423 g/mol. The molecule has 0 aromatic carbocycles. The Hall–Kier alpha value is -1.35. The first-order valence-corrected chi connectivity index (χ1v) is 8.35. The summed E-state index contributed by atoms with van der Waals surface area (Å²) in [6, 6.07) is 7.34. The van der Waals surface area contributed by atoms with Crippen LogP contribution in [0.4, 0.5) is 0 Å². The molecule has 0 radical (unpaired) electrons. The molecular formula is C16H23IN4OS. The second kappa shape index (κ2) is 11.2. The van der Waals surface area contributed by atoms with Gasteiger partial charge in [-0.15, -0.1) is 24.0 Å². The molecule has 23 heavy (non-hydrogen) atoms. The van der Waals surface area contributed by atoms with Crippen molar-refractivity contribution in [2.75, 3.05) is 13.6 Å². The van der Waals surface area contributed by atoms with Crippen molar-refractivity contribution in [1.82, 2.24) is 15.2 Å². The highest BCUT2D eigenvalue weighted by Gasteiger charge is 1.99. The van der Waals surface area contributed by atoms with Crippen LogP contribution < -0.4 is 16.2 Å². The van der Waals surface area contributed by atoms with Crippen LogP contribution in [0.5, 0.6) is 0 Å². The molecule has 7 heteroatoms. The minimum absolute atomic E-state index is 0. The van der Waals surface area contributed by atoms with E-state index in [2.05, 4.69) is 32.5 Å². The zero-order chi connectivity index (χ0) is 15.6. The summed E-state index contributed by atoms with van der Waals surface area (Å²) in [6.45, 7) is 2.37. The molecule has 0 spiro atoms. The van der Waals surface area contributed by atoms with E-state index in [9.17, 15) is 4.79 Å². The van der Waals surface area contributed by atoms with Gasteiger partial charge in [0.25, 0.3) is 0 Å². The number of nitrogens with one attached hydrogen (secondary N) is 2. The van der Waals surface area contributed by atoms with Gasteiger partial charge in [0.05, 0.1) is 0 Å². The summed E-state index contributed by atoms with van der Waals surface area (Å²) in [5.41, 5.74) is 1.32. The Morgan fingerprint density at radius 1 is 1.26 bits per heavy atom. The predicted molar refractivity (Wildman–Crippen MR) is 108 cm³/mol. The second-order valence-electron chi connectivity index (χ2n) is 4.92. The molecule has 0 saturated heterocycles. The van der Waals surface area contributed by atoms with E-state index in [1.165, 1.54) is 5.56 Å². The van der Waals surface area contributed by atoms with Gasteiger partial charge in [-0.25, -0.2) is 0 Å². The number of halogens is 1. The minimum Gasteiger partial charge on any atom is -0.356 e. The molecule has 2 N–H and O–H groups in total. The molecule has 0 saturated carbocycles. The van der Waals surface area contributed by atoms with Crippen molar-refractivity contribution in [3.63, 3.8) is 0 Å². The van der Waals surface area contributed by atoms with Gasteiger partial charge in [0.1, 0.15) is 0 Å². The van der Waals surface area contributed by atoms with Crippen molar-refractivity contribution < 1.29 is 0 Å². The van der Waals surface area contributed by atoms with Crippen LogP contribution in [0.15, 0.2) is 51.0 Å². The normalized spacial score (nSPS) is 10.9. The van der Waals surface area contributed by atoms with E-state index in [-0.39, 0.29) is 29.5 Å². The molecule has 5 nitrogen and oxygen atoms in total. The third-order valence-corrected chi connectivity index (χ3v) is 4.01. The molecule has 0 atom stereocenters. The Bertz CT molecular complexity index is 640. The smallest absolute Gasteiger partial charge is 0.250 e. The van der Waals surface area contributed by atoms with E-state index in [4.69, 9.17) is 0 Å². The van der Waals surface area contributed by atoms with Crippen LogP contribution in [0.25, 0.3) is 0 Å². The van der Waals surface area contributed by atoms with Gasteiger partial charge in [-0.05, 0) is 41.3 Å². The molecule has 0 amide bonds. The minimum atomic E-state index is 0. The Morgan fingerprint density at radius 3 is 2.83 bits per heavy atom. The number of unbranched alkanes of at least 4 members (excludes halogenated alkanes) is 1. The van der Waals surface area contributed by atoms with E-state index in [0.717, 1.165) is 38.4 Å². The van der Waals surface area contributed by atoms with Crippen molar-refractivity contribution >= 4 is 41.3 Å². The number of guanidine groups is 1. The van der Waals surface area contributed by atoms with Crippen molar-refractivity contribution in [1.29, 1.82) is 0 Å². The van der Waals surface area contributed by atoms with Gasteiger partial charge >= 0.3 is 0 Å². The molecule has 0 unspecified atom stereocenters. The van der Waals surface area contributed by atoms with Gasteiger partial charge in [0.2, 0.25) is 5.56 Å². The van der Waals surface area contributed by atoms with Gasteiger partial charge in [-0.1, -0.05) is 6.07 Å². The van der Waals surface area contributed by atoms with E-state index < -0.39 is 0 Å². The van der Waals surface area contributed by atoms with Crippen molar-refractivity contribution in [2.24, 2.45) is 4.99 Å².